The Balaban J connectivity index is 1.79. The highest BCUT2D eigenvalue weighted by atomic mass is 15.2. The molecule has 0 bridgehead atoms. The van der Waals surface area contributed by atoms with Gasteiger partial charge in [0, 0.05) is 19.1 Å². The Hall–Kier alpha value is -0.0800. The molecule has 0 aromatic rings. The standard InChI is InChI=1S/C12H24N2/c1-2-11(5-8-13)14-9-12(10-14)6-3-4-7-12/h11H,2-10,13H2,1H3. The van der Waals surface area contributed by atoms with Crippen LogP contribution in [0.1, 0.15) is 45.4 Å². The Kier molecular flexibility index (Phi) is 3.13. The maximum atomic E-state index is 5.64. The molecule has 0 aromatic carbocycles. The maximum Gasteiger partial charge on any atom is 0.0105 e. The van der Waals surface area contributed by atoms with Crippen molar-refractivity contribution < 1.29 is 0 Å². The van der Waals surface area contributed by atoms with E-state index in [0.29, 0.717) is 0 Å². The third-order valence-corrected chi connectivity index (χ3v) is 4.23. The molecule has 1 saturated heterocycles. The van der Waals surface area contributed by atoms with E-state index < -0.39 is 0 Å². The molecule has 2 rings (SSSR count). The van der Waals surface area contributed by atoms with Crippen LogP contribution in [-0.4, -0.2) is 30.6 Å². The topological polar surface area (TPSA) is 29.3 Å². The molecule has 2 fully saturated rings. The Bertz CT molecular complexity index is 177. The van der Waals surface area contributed by atoms with E-state index in [2.05, 4.69) is 11.8 Å². The minimum absolute atomic E-state index is 0.752. The minimum Gasteiger partial charge on any atom is -0.330 e. The molecule has 1 atom stereocenters. The first kappa shape index (κ1) is 10.4. The van der Waals surface area contributed by atoms with Gasteiger partial charge in [-0.3, -0.25) is 4.90 Å². The van der Waals surface area contributed by atoms with Crippen LogP contribution in [0.5, 0.6) is 0 Å². The predicted octanol–water partition coefficient (Wildman–Crippen LogP) is 1.99. The molecule has 1 saturated carbocycles. The van der Waals surface area contributed by atoms with Crippen molar-refractivity contribution in [1.82, 2.24) is 4.90 Å². The summed E-state index contributed by atoms with van der Waals surface area (Å²) in [6, 6.07) is 0.770. The minimum atomic E-state index is 0.752. The molecule has 1 unspecified atom stereocenters. The van der Waals surface area contributed by atoms with Crippen molar-refractivity contribution in [3.05, 3.63) is 0 Å². The van der Waals surface area contributed by atoms with Gasteiger partial charge in [-0.25, -0.2) is 0 Å². The van der Waals surface area contributed by atoms with E-state index in [9.17, 15) is 0 Å². The molecule has 14 heavy (non-hydrogen) atoms. The van der Waals surface area contributed by atoms with Crippen molar-refractivity contribution in [2.75, 3.05) is 19.6 Å². The number of hydrogen-bond donors (Lipinski definition) is 1. The molecule has 2 N–H and O–H groups in total. The zero-order valence-corrected chi connectivity index (χ0v) is 9.47. The molecule has 0 aromatic heterocycles. The molecule has 1 heterocycles. The fourth-order valence-electron chi connectivity index (χ4n) is 3.35. The van der Waals surface area contributed by atoms with Gasteiger partial charge in [-0.15, -0.1) is 0 Å². The Morgan fingerprint density at radius 1 is 1.29 bits per heavy atom. The van der Waals surface area contributed by atoms with Crippen molar-refractivity contribution in [2.24, 2.45) is 11.1 Å². The van der Waals surface area contributed by atoms with Gasteiger partial charge in [-0.2, -0.15) is 0 Å². The quantitative estimate of drug-likeness (QED) is 0.745. The van der Waals surface area contributed by atoms with Crippen LogP contribution in [-0.2, 0) is 0 Å². The van der Waals surface area contributed by atoms with Crippen LogP contribution in [0.4, 0.5) is 0 Å². The number of nitrogens with zero attached hydrogens (tertiary/aromatic N) is 1. The van der Waals surface area contributed by atoms with Gasteiger partial charge in [0.25, 0.3) is 0 Å². The molecule has 2 nitrogen and oxygen atoms in total. The van der Waals surface area contributed by atoms with Gasteiger partial charge in [0.1, 0.15) is 0 Å². The molecule has 82 valence electrons. The first-order chi connectivity index (χ1) is 6.79. The first-order valence-corrected chi connectivity index (χ1v) is 6.24. The zero-order chi connectivity index (χ0) is 10.0. The largest absolute Gasteiger partial charge is 0.330 e. The molecule has 1 spiro atoms. The second kappa shape index (κ2) is 4.19. The third kappa shape index (κ3) is 1.82. The SMILES string of the molecule is CCC(CCN)N1CC2(CCCC2)C1. The molecule has 2 aliphatic rings. The van der Waals surface area contributed by atoms with Gasteiger partial charge in [-0.05, 0) is 37.6 Å². The Morgan fingerprint density at radius 2 is 1.93 bits per heavy atom. The van der Waals surface area contributed by atoms with Crippen molar-refractivity contribution in [3.63, 3.8) is 0 Å². The zero-order valence-electron chi connectivity index (χ0n) is 9.47. The molecule has 2 heteroatoms. The lowest BCUT2D eigenvalue weighted by atomic mass is 9.77. The fraction of sp³-hybridized carbons (Fsp3) is 1.00. The van der Waals surface area contributed by atoms with Crippen LogP contribution in [0.25, 0.3) is 0 Å². The first-order valence-electron chi connectivity index (χ1n) is 6.24. The molecular weight excluding hydrogens is 172 g/mol. The summed E-state index contributed by atoms with van der Waals surface area (Å²) < 4.78 is 0. The van der Waals surface area contributed by atoms with Crippen LogP contribution < -0.4 is 5.73 Å². The number of likely N-dealkylation sites (tertiary alicyclic amines) is 1. The number of hydrogen-bond acceptors (Lipinski definition) is 2. The van der Waals surface area contributed by atoms with E-state index in [1.807, 2.05) is 0 Å². The summed E-state index contributed by atoms with van der Waals surface area (Å²) in [4.78, 5) is 2.66. The van der Waals surface area contributed by atoms with Crippen molar-refractivity contribution in [3.8, 4) is 0 Å². The van der Waals surface area contributed by atoms with Gasteiger partial charge in [0.15, 0.2) is 0 Å². The van der Waals surface area contributed by atoms with Gasteiger partial charge >= 0.3 is 0 Å². The summed E-state index contributed by atoms with van der Waals surface area (Å²) >= 11 is 0. The highest BCUT2D eigenvalue weighted by molar-refractivity contribution is 4.99. The third-order valence-electron chi connectivity index (χ3n) is 4.23. The monoisotopic (exact) mass is 196 g/mol. The fourth-order valence-corrected chi connectivity index (χ4v) is 3.35. The van der Waals surface area contributed by atoms with Crippen LogP contribution in [0.15, 0.2) is 0 Å². The summed E-state index contributed by atoms with van der Waals surface area (Å²) in [6.45, 7) is 5.87. The maximum absolute atomic E-state index is 5.64. The average molecular weight is 196 g/mol. The van der Waals surface area contributed by atoms with E-state index >= 15 is 0 Å². The summed E-state index contributed by atoms with van der Waals surface area (Å²) in [5.41, 5.74) is 6.39. The summed E-state index contributed by atoms with van der Waals surface area (Å²) in [5.74, 6) is 0. The van der Waals surface area contributed by atoms with Crippen LogP contribution in [0.2, 0.25) is 0 Å². The van der Waals surface area contributed by atoms with Gasteiger partial charge in [0.2, 0.25) is 0 Å². The number of rotatable bonds is 4. The van der Waals surface area contributed by atoms with Crippen LogP contribution >= 0.6 is 0 Å². The lowest BCUT2D eigenvalue weighted by Gasteiger charge is -2.52. The van der Waals surface area contributed by atoms with E-state index in [0.717, 1.165) is 18.0 Å². The molecule has 0 radical (unpaired) electrons. The molecule has 1 aliphatic heterocycles. The van der Waals surface area contributed by atoms with E-state index in [-0.39, 0.29) is 0 Å². The highest BCUT2D eigenvalue weighted by Gasteiger charge is 2.45. The molecular formula is C12H24N2. The summed E-state index contributed by atoms with van der Waals surface area (Å²) in [5, 5.41) is 0. The van der Waals surface area contributed by atoms with Crippen LogP contribution in [0.3, 0.4) is 0 Å². The van der Waals surface area contributed by atoms with Crippen molar-refractivity contribution in [1.29, 1.82) is 0 Å². The lowest BCUT2D eigenvalue weighted by Crippen LogP contribution is -2.58. The van der Waals surface area contributed by atoms with Gasteiger partial charge in [-0.1, -0.05) is 19.8 Å². The van der Waals surface area contributed by atoms with E-state index in [4.69, 9.17) is 5.73 Å². The predicted molar refractivity (Wildman–Crippen MR) is 60.2 cm³/mol. The average Bonchev–Trinajstić information content (AvgIpc) is 2.60. The summed E-state index contributed by atoms with van der Waals surface area (Å²) in [6.07, 6.45) is 8.38. The lowest BCUT2D eigenvalue weighted by molar-refractivity contribution is -0.0295. The van der Waals surface area contributed by atoms with Gasteiger partial charge < -0.3 is 5.73 Å². The summed E-state index contributed by atoms with van der Waals surface area (Å²) in [7, 11) is 0. The van der Waals surface area contributed by atoms with E-state index in [1.54, 1.807) is 0 Å². The smallest absolute Gasteiger partial charge is 0.0105 e. The van der Waals surface area contributed by atoms with Gasteiger partial charge in [0.05, 0.1) is 0 Å². The molecule has 1 aliphatic carbocycles. The second-order valence-electron chi connectivity index (χ2n) is 5.25. The van der Waals surface area contributed by atoms with E-state index in [1.165, 1.54) is 51.6 Å². The Labute approximate surface area is 87.8 Å². The number of nitrogens with two attached hydrogens (primary N) is 1. The van der Waals surface area contributed by atoms with Crippen molar-refractivity contribution >= 4 is 0 Å². The normalized spacial score (nSPS) is 27.9. The highest BCUT2D eigenvalue weighted by Crippen LogP contribution is 2.46. The second-order valence-corrected chi connectivity index (χ2v) is 5.25. The van der Waals surface area contributed by atoms with Crippen molar-refractivity contribution in [2.45, 2.75) is 51.5 Å². The molecule has 0 amide bonds. The Morgan fingerprint density at radius 3 is 2.43 bits per heavy atom. The van der Waals surface area contributed by atoms with Crippen LogP contribution in [0, 0.1) is 5.41 Å².